The molecule has 112 valence electrons. The number of benzene rings is 1. The summed E-state index contributed by atoms with van der Waals surface area (Å²) in [7, 11) is 0. The average Bonchev–Trinajstić information content (AvgIpc) is 2.91. The summed E-state index contributed by atoms with van der Waals surface area (Å²) in [4.78, 5) is 12.6. The Morgan fingerprint density at radius 2 is 2.05 bits per heavy atom. The van der Waals surface area contributed by atoms with Gasteiger partial charge in [0.1, 0.15) is 0 Å². The number of hydrogen-bond acceptors (Lipinski definition) is 2. The third kappa shape index (κ3) is 3.72. The molecule has 1 aromatic carbocycles. The molecule has 21 heavy (non-hydrogen) atoms. The first-order valence-corrected chi connectivity index (χ1v) is 7.45. The van der Waals surface area contributed by atoms with Crippen LogP contribution in [0.2, 0.25) is 0 Å². The first kappa shape index (κ1) is 15.3. The second-order valence-electron chi connectivity index (χ2n) is 5.51. The lowest BCUT2D eigenvalue weighted by Gasteiger charge is -2.22. The molecular formula is C17H23N3O. The molecule has 4 nitrogen and oxygen atoms in total. The van der Waals surface area contributed by atoms with E-state index >= 15 is 0 Å². The smallest absolute Gasteiger partial charge is 0.228 e. The third-order valence-corrected chi connectivity index (χ3v) is 4.04. The van der Waals surface area contributed by atoms with Gasteiger partial charge in [-0.3, -0.25) is 9.89 Å². The van der Waals surface area contributed by atoms with Gasteiger partial charge in [-0.15, -0.1) is 0 Å². The maximum absolute atomic E-state index is 12.6. The van der Waals surface area contributed by atoms with Gasteiger partial charge in [-0.1, -0.05) is 50.6 Å². The van der Waals surface area contributed by atoms with Crippen LogP contribution in [0.25, 0.3) is 0 Å². The van der Waals surface area contributed by atoms with Gasteiger partial charge in [-0.05, 0) is 18.4 Å². The van der Waals surface area contributed by atoms with Crippen molar-refractivity contribution in [2.75, 3.05) is 0 Å². The molecule has 0 spiro atoms. The molecule has 0 saturated heterocycles. The highest BCUT2D eigenvalue weighted by molar-refractivity contribution is 5.83. The molecule has 0 radical (unpaired) electrons. The maximum Gasteiger partial charge on any atom is 0.228 e. The van der Waals surface area contributed by atoms with E-state index < -0.39 is 0 Å². The maximum atomic E-state index is 12.6. The van der Waals surface area contributed by atoms with E-state index in [1.165, 1.54) is 0 Å². The Morgan fingerprint density at radius 1 is 1.33 bits per heavy atom. The molecule has 2 aromatic rings. The number of aromatic amines is 1. The number of nitrogens with one attached hydrogen (secondary N) is 2. The molecule has 0 fully saturated rings. The molecule has 1 aromatic heterocycles. The highest BCUT2D eigenvalue weighted by Crippen LogP contribution is 2.27. The van der Waals surface area contributed by atoms with Gasteiger partial charge in [0, 0.05) is 17.8 Å². The van der Waals surface area contributed by atoms with Gasteiger partial charge in [-0.25, -0.2) is 0 Å². The van der Waals surface area contributed by atoms with Crippen LogP contribution in [0, 0.1) is 12.8 Å². The fourth-order valence-electron chi connectivity index (χ4n) is 2.48. The Kier molecular flexibility index (Phi) is 5.14. The van der Waals surface area contributed by atoms with Crippen molar-refractivity contribution in [3.63, 3.8) is 0 Å². The van der Waals surface area contributed by atoms with Crippen LogP contribution >= 0.6 is 0 Å². The zero-order valence-corrected chi connectivity index (χ0v) is 12.9. The van der Waals surface area contributed by atoms with Crippen LogP contribution in [-0.2, 0) is 11.3 Å². The van der Waals surface area contributed by atoms with Crippen LogP contribution in [-0.4, -0.2) is 16.1 Å². The first-order valence-electron chi connectivity index (χ1n) is 7.45. The third-order valence-electron chi connectivity index (χ3n) is 4.04. The lowest BCUT2D eigenvalue weighted by molar-refractivity contribution is -0.123. The summed E-state index contributed by atoms with van der Waals surface area (Å²) in [5.41, 5.74) is 3.10. The van der Waals surface area contributed by atoms with Crippen molar-refractivity contribution in [2.24, 2.45) is 5.92 Å². The number of hydrogen-bond donors (Lipinski definition) is 2. The normalized spacial score (nSPS) is 13.7. The summed E-state index contributed by atoms with van der Waals surface area (Å²) in [6, 6.07) is 10.00. The van der Waals surface area contributed by atoms with Gasteiger partial charge < -0.3 is 5.32 Å². The highest BCUT2D eigenvalue weighted by Gasteiger charge is 2.25. The quantitative estimate of drug-likeness (QED) is 0.856. The minimum Gasteiger partial charge on any atom is -0.351 e. The van der Waals surface area contributed by atoms with E-state index in [9.17, 15) is 4.79 Å². The van der Waals surface area contributed by atoms with Crippen LogP contribution in [0.3, 0.4) is 0 Å². The van der Waals surface area contributed by atoms with E-state index in [1.54, 1.807) is 6.20 Å². The second kappa shape index (κ2) is 7.07. The molecule has 0 bridgehead atoms. The fraction of sp³-hybridized carbons (Fsp3) is 0.412. The van der Waals surface area contributed by atoms with Crippen LogP contribution in [0.4, 0.5) is 0 Å². The number of H-pyrrole nitrogens is 1. The monoisotopic (exact) mass is 285 g/mol. The topological polar surface area (TPSA) is 57.8 Å². The Balaban J connectivity index is 2.10. The summed E-state index contributed by atoms with van der Waals surface area (Å²) < 4.78 is 0. The fourth-order valence-corrected chi connectivity index (χ4v) is 2.48. The summed E-state index contributed by atoms with van der Waals surface area (Å²) >= 11 is 0. The molecule has 2 unspecified atom stereocenters. The van der Waals surface area contributed by atoms with E-state index in [1.807, 2.05) is 37.3 Å². The standard InChI is InChI=1S/C17H23N3O/c1-4-12(2)16(14-8-6-5-7-9-14)17(21)18-10-15-11-19-20-13(15)3/h5-9,11-12,16H,4,10H2,1-3H3,(H,18,21)(H,19,20). The van der Waals surface area contributed by atoms with Crippen LogP contribution < -0.4 is 5.32 Å². The summed E-state index contributed by atoms with van der Waals surface area (Å²) in [6.45, 7) is 6.72. The van der Waals surface area contributed by atoms with E-state index in [2.05, 4.69) is 29.4 Å². The van der Waals surface area contributed by atoms with Crippen molar-refractivity contribution in [3.8, 4) is 0 Å². The summed E-state index contributed by atoms with van der Waals surface area (Å²) in [5, 5.41) is 9.90. The largest absolute Gasteiger partial charge is 0.351 e. The molecule has 4 heteroatoms. The van der Waals surface area contributed by atoms with E-state index in [0.717, 1.165) is 23.2 Å². The predicted molar refractivity (Wildman–Crippen MR) is 83.8 cm³/mol. The number of carbonyl (C=O) groups excluding carboxylic acids is 1. The van der Waals surface area contributed by atoms with Crippen molar-refractivity contribution >= 4 is 5.91 Å². The molecular weight excluding hydrogens is 262 g/mol. The van der Waals surface area contributed by atoms with Crippen molar-refractivity contribution in [1.82, 2.24) is 15.5 Å². The second-order valence-corrected chi connectivity index (χ2v) is 5.51. The molecule has 2 rings (SSSR count). The average molecular weight is 285 g/mol. The number of aryl methyl sites for hydroxylation is 1. The minimum atomic E-state index is -0.108. The molecule has 2 N–H and O–H groups in total. The number of nitrogens with zero attached hydrogens (tertiary/aromatic N) is 1. The Labute approximate surface area is 126 Å². The van der Waals surface area contributed by atoms with E-state index in [-0.39, 0.29) is 11.8 Å². The van der Waals surface area contributed by atoms with Gasteiger partial charge >= 0.3 is 0 Å². The lowest BCUT2D eigenvalue weighted by Crippen LogP contribution is -2.32. The lowest BCUT2D eigenvalue weighted by atomic mass is 9.85. The zero-order valence-electron chi connectivity index (χ0n) is 12.9. The van der Waals surface area contributed by atoms with Crippen LogP contribution in [0.1, 0.15) is 43.0 Å². The van der Waals surface area contributed by atoms with E-state index in [0.29, 0.717) is 12.5 Å². The van der Waals surface area contributed by atoms with E-state index in [4.69, 9.17) is 0 Å². The van der Waals surface area contributed by atoms with Crippen molar-refractivity contribution < 1.29 is 4.79 Å². The molecule has 2 atom stereocenters. The Bertz CT molecular complexity index is 577. The molecule has 0 aliphatic rings. The molecule has 1 heterocycles. The Hall–Kier alpha value is -2.10. The van der Waals surface area contributed by atoms with Gasteiger partial charge in [0.25, 0.3) is 0 Å². The van der Waals surface area contributed by atoms with Crippen LogP contribution in [0.15, 0.2) is 36.5 Å². The van der Waals surface area contributed by atoms with Gasteiger partial charge in [0.05, 0.1) is 12.1 Å². The Morgan fingerprint density at radius 3 is 2.62 bits per heavy atom. The highest BCUT2D eigenvalue weighted by atomic mass is 16.1. The van der Waals surface area contributed by atoms with Gasteiger partial charge in [0.2, 0.25) is 5.91 Å². The summed E-state index contributed by atoms with van der Waals surface area (Å²) in [5.74, 6) is 0.275. The first-order chi connectivity index (χ1) is 10.1. The van der Waals surface area contributed by atoms with Crippen LogP contribution in [0.5, 0.6) is 0 Å². The number of rotatable bonds is 6. The summed E-state index contributed by atoms with van der Waals surface area (Å²) in [6.07, 6.45) is 2.73. The van der Waals surface area contributed by atoms with Gasteiger partial charge in [-0.2, -0.15) is 5.10 Å². The molecule has 0 aliphatic heterocycles. The molecule has 0 aliphatic carbocycles. The SMILES string of the molecule is CCC(C)C(C(=O)NCc1cn[nH]c1C)c1ccccc1. The number of aromatic nitrogens is 2. The molecule has 0 saturated carbocycles. The van der Waals surface area contributed by atoms with Crippen molar-refractivity contribution in [2.45, 2.75) is 39.7 Å². The zero-order chi connectivity index (χ0) is 15.2. The van der Waals surface area contributed by atoms with Gasteiger partial charge in [0.15, 0.2) is 0 Å². The number of carbonyl (C=O) groups is 1. The molecule has 1 amide bonds. The van der Waals surface area contributed by atoms with Crippen molar-refractivity contribution in [3.05, 3.63) is 53.3 Å². The minimum absolute atomic E-state index is 0.0798. The predicted octanol–water partition coefficient (Wildman–Crippen LogP) is 3.16. The van der Waals surface area contributed by atoms with Crippen molar-refractivity contribution in [1.29, 1.82) is 0 Å². The number of amides is 1.